The van der Waals surface area contributed by atoms with Crippen LogP contribution in [0.15, 0.2) is 45.6 Å². The van der Waals surface area contributed by atoms with E-state index in [1.807, 2.05) is 66.7 Å². The Hall–Kier alpha value is -3.37. The Labute approximate surface area is 298 Å². The van der Waals surface area contributed by atoms with Crippen molar-refractivity contribution in [2.75, 3.05) is 23.3 Å². The molecule has 11 heteroatoms. The third-order valence-electron chi connectivity index (χ3n) is 10.6. The highest BCUT2D eigenvalue weighted by molar-refractivity contribution is 6.64. The molecule has 4 aromatic rings. The van der Waals surface area contributed by atoms with Crippen LogP contribution in [0.25, 0.3) is 22.2 Å². The minimum atomic E-state index is -0.768. The highest BCUT2D eigenvalue weighted by Crippen LogP contribution is 2.41. The van der Waals surface area contributed by atoms with E-state index in [2.05, 4.69) is 29.0 Å². The van der Waals surface area contributed by atoms with Crippen LogP contribution in [0.4, 0.5) is 11.6 Å². The van der Waals surface area contributed by atoms with Crippen molar-refractivity contribution in [1.82, 2.24) is 4.98 Å². The zero-order valence-corrected chi connectivity index (χ0v) is 31.2. The number of halogens is 2. The number of carbonyl (C=O) groups is 1. The van der Waals surface area contributed by atoms with Crippen molar-refractivity contribution in [3.8, 4) is 11.3 Å². The van der Waals surface area contributed by atoms with E-state index in [-0.39, 0.29) is 32.6 Å². The van der Waals surface area contributed by atoms with Gasteiger partial charge in [-0.1, -0.05) is 55.2 Å². The number of aromatic nitrogens is 1. The van der Waals surface area contributed by atoms with Gasteiger partial charge in [0.2, 0.25) is 5.88 Å². The second kappa shape index (κ2) is 12.8. The molecular formula is C38H44BCl2N3O5. The fourth-order valence-electron chi connectivity index (χ4n) is 6.65. The summed E-state index contributed by atoms with van der Waals surface area (Å²) in [4.78, 5) is 33.1. The van der Waals surface area contributed by atoms with Crippen LogP contribution in [0.3, 0.4) is 0 Å². The Morgan fingerprint density at radius 1 is 0.980 bits per heavy atom. The Kier molecular flexibility index (Phi) is 9.23. The molecule has 2 saturated heterocycles. The normalized spacial score (nSPS) is 18.9. The van der Waals surface area contributed by atoms with Crippen LogP contribution in [-0.4, -0.2) is 42.7 Å². The third-order valence-corrected chi connectivity index (χ3v) is 11.2. The Morgan fingerprint density at radius 3 is 2.27 bits per heavy atom. The lowest BCUT2D eigenvalue weighted by Gasteiger charge is -2.37. The Morgan fingerprint density at radius 2 is 1.63 bits per heavy atom. The maximum absolute atomic E-state index is 13.8. The van der Waals surface area contributed by atoms with Gasteiger partial charge in [0.25, 0.3) is 0 Å². The van der Waals surface area contributed by atoms with E-state index in [0.717, 1.165) is 43.3 Å². The molecule has 2 fully saturated rings. The van der Waals surface area contributed by atoms with Gasteiger partial charge >= 0.3 is 7.12 Å². The summed E-state index contributed by atoms with van der Waals surface area (Å²) in [6, 6.07) is 10.7. The molecule has 2 aliphatic rings. The monoisotopic (exact) mass is 703 g/mol. The number of aldehydes is 1. The second-order valence-corrected chi connectivity index (χ2v) is 16.0. The topological polar surface area (TPSA) is 93.9 Å². The van der Waals surface area contributed by atoms with Crippen molar-refractivity contribution in [3.05, 3.63) is 79.1 Å². The molecule has 2 aromatic carbocycles. The molecule has 0 radical (unpaired) electrons. The predicted octanol–water partition coefficient (Wildman–Crippen LogP) is 8.69. The molecule has 2 aromatic heterocycles. The molecule has 1 N–H and O–H groups in total. The second-order valence-electron chi connectivity index (χ2n) is 15.3. The summed E-state index contributed by atoms with van der Waals surface area (Å²) >= 11 is 13.4. The minimum absolute atomic E-state index is 0.0256. The van der Waals surface area contributed by atoms with E-state index in [0.29, 0.717) is 44.8 Å². The van der Waals surface area contributed by atoms with Gasteiger partial charge in [0.15, 0.2) is 11.7 Å². The molecule has 1 atom stereocenters. The van der Waals surface area contributed by atoms with Crippen molar-refractivity contribution in [1.29, 1.82) is 0 Å². The van der Waals surface area contributed by atoms with Gasteiger partial charge in [-0.15, -0.1) is 0 Å². The van der Waals surface area contributed by atoms with Crippen molar-refractivity contribution >= 4 is 64.6 Å². The van der Waals surface area contributed by atoms with E-state index in [9.17, 15) is 9.59 Å². The molecule has 8 nitrogen and oxygen atoms in total. The summed E-state index contributed by atoms with van der Waals surface area (Å²) < 4.78 is 19.1. The van der Waals surface area contributed by atoms with Crippen LogP contribution in [0.2, 0.25) is 10.2 Å². The van der Waals surface area contributed by atoms with E-state index in [1.54, 1.807) is 18.2 Å². The molecule has 49 heavy (non-hydrogen) atoms. The number of aryl methyl sites for hydroxylation is 1. The molecular weight excluding hydrogens is 660 g/mol. The Bertz CT molecular complexity index is 2000. The SMILES string of the molecule is Cc1cc([C@@H](C)Nc2ccc(Cl)nc2-c2ccc(B3OC(C)(C)C(C)(C)O3)c(C=O)c2Cl)c2oc(N3CCC(C)(C)CC3)c(C)c(=O)c2c1. The molecule has 0 bridgehead atoms. The first-order chi connectivity index (χ1) is 22.9. The summed E-state index contributed by atoms with van der Waals surface area (Å²) in [6.07, 6.45) is 2.76. The van der Waals surface area contributed by atoms with Gasteiger partial charge in [0, 0.05) is 29.8 Å². The maximum atomic E-state index is 13.8. The number of pyridine rings is 1. The van der Waals surface area contributed by atoms with Crippen LogP contribution >= 0.6 is 23.2 Å². The van der Waals surface area contributed by atoms with Crippen molar-refractivity contribution in [2.45, 2.75) is 92.4 Å². The molecule has 0 amide bonds. The number of piperidine rings is 1. The highest BCUT2D eigenvalue weighted by atomic mass is 35.5. The lowest BCUT2D eigenvalue weighted by molar-refractivity contribution is 0.00578. The van der Waals surface area contributed by atoms with E-state index in [4.69, 9.17) is 36.9 Å². The summed E-state index contributed by atoms with van der Waals surface area (Å²) in [5.74, 6) is 0.634. The summed E-state index contributed by atoms with van der Waals surface area (Å²) in [5, 5.41) is 4.61. The van der Waals surface area contributed by atoms with Crippen LogP contribution in [-0.2, 0) is 9.31 Å². The summed E-state index contributed by atoms with van der Waals surface area (Å²) in [5.41, 5.74) is 4.44. The van der Waals surface area contributed by atoms with E-state index in [1.165, 1.54) is 0 Å². The molecule has 0 aliphatic carbocycles. The largest absolute Gasteiger partial charge is 0.495 e. The molecule has 2 aliphatic heterocycles. The Balaban J connectivity index is 1.39. The van der Waals surface area contributed by atoms with Gasteiger partial charge in [-0.05, 0) is 95.9 Å². The number of nitrogens with one attached hydrogen (secondary N) is 1. The van der Waals surface area contributed by atoms with Crippen molar-refractivity contribution in [2.24, 2.45) is 5.41 Å². The third kappa shape index (κ3) is 6.51. The number of nitrogens with zero attached hydrogens (tertiary/aromatic N) is 2. The number of carbonyl (C=O) groups excluding carboxylic acids is 1. The zero-order chi connectivity index (χ0) is 35.6. The van der Waals surface area contributed by atoms with Gasteiger partial charge in [-0.3, -0.25) is 9.59 Å². The number of hydrogen-bond donors (Lipinski definition) is 1. The number of fused-ring (bicyclic) bond motifs is 1. The zero-order valence-electron chi connectivity index (χ0n) is 29.7. The first-order valence-electron chi connectivity index (χ1n) is 16.8. The van der Waals surface area contributed by atoms with E-state index < -0.39 is 18.3 Å². The fraction of sp³-hybridized carbons (Fsp3) is 0.447. The number of benzene rings is 2. The molecule has 0 unspecified atom stereocenters. The standard InChI is InChI=1S/C38H44BCl2N3O5/c1-21-18-25(34-26(19-21)33(46)22(2)35(47-34)44-16-14-36(4,5)15-17-44)23(3)42-29-12-13-30(40)43-32(29)24-10-11-28(27(20-45)31(24)41)39-48-37(6,7)38(8,9)49-39/h10-13,18-20,23,42H,14-17H2,1-9H3/t23-/m1/s1. The lowest BCUT2D eigenvalue weighted by Crippen LogP contribution is -2.41. The van der Waals surface area contributed by atoms with Crippen LogP contribution < -0.4 is 21.1 Å². The fourth-order valence-corrected chi connectivity index (χ4v) is 7.10. The van der Waals surface area contributed by atoms with Gasteiger partial charge < -0.3 is 23.9 Å². The number of anilines is 2. The predicted molar refractivity (Wildman–Crippen MR) is 200 cm³/mol. The smallest absolute Gasteiger partial charge is 0.440 e. The minimum Gasteiger partial charge on any atom is -0.440 e. The number of hydrogen-bond acceptors (Lipinski definition) is 8. The van der Waals surface area contributed by atoms with Gasteiger partial charge in [0.1, 0.15) is 10.7 Å². The van der Waals surface area contributed by atoms with Gasteiger partial charge in [0.05, 0.1) is 44.6 Å². The molecule has 4 heterocycles. The van der Waals surface area contributed by atoms with Crippen LogP contribution in [0, 0.1) is 19.3 Å². The van der Waals surface area contributed by atoms with E-state index >= 15 is 0 Å². The molecule has 6 rings (SSSR count). The quantitative estimate of drug-likeness (QED) is 0.116. The molecule has 0 saturated carbocycles. The first-order valence-corrected chi connectivity index (χ1v) is 17.6. The van der Waals surface area contributed by atoms with Crippen LogP contribution in [0.5, 0.6) is 0 Å². The van der Waals surface area contributed by atoms with Crippen LogP contribution in [0.1, 0.15) is 94.4 Å². The highest BCUT2D eigenvalue weighted by Gasteiger charge is 2.52. The van der Waals surface area contributed by atoms with Gasteiger partial charge in [-0.25, -0.2) is 4.98 Å². The number of rotatable bonds is 7. The molecule has 258 valence electrons. The first kappa shape index (κ1) is 35.5. The summed E-state index contributed by atoms with van der Waals surface area (Å²) in [7, 11) is -0.768. The lowest BCUT2D eigenvalue weighted by atomic mass is 9.75. The van der Waals surface area contributed by atoms with Gasteiger partial charge in [-0.2, -0.15) is 0 Å². The van der Waals surface area contributed by atoms with Crippen molar-refractivity contribution < 1.29 is 18.5 Å². The average molecular weight is 705 g/mol. The van der Waals surface area contributed by atoms with Crippen molar-refractivity contribution in [3.63, 3.8) is 0 Å². The summed E-state index contributed by atoms with van der Waals surface area (Å²) in [6.45, 7) is 19.9. The molecule has 0 spiro atoms. The maximum Gasteiger partial charge on any atom is 0.495 e. The average Bonchev–Trinajstić information content (AvgIpc) is 3.25.